The standard InChI is InChI=1S/C51H31N3O2/c1-3-13-32-27-35(23-21-30(32)11-1)49-52-50(36-24-22-31-12-2-4-14-33(31)28-36)54-51(53-49)41-26-25-38(48-45(41)39-17-7-9-19-43(39)56-48)42-29-34-15-5-6-16-37(34)47-46(42)40-18-8-10-20-44(40)55-47/h1-21,23-29,31H,22H2. The second kappa shape index (κ2) is 12.1. The molecular formula is C51H31N3O2. The van der Waals surface area contributed by atoms with Crippen LogP contribution in [-0.4, -0.2) is 15.0 Å². The van der Waals surface area contributed by atoms with Gasteiger partial charge in [-0.15, -0.1) is 0 Å². The third-order valence-corrected chi connectivity index (χ3v) is 11.4. The molecule has 5 nitrogen and oxygen atoms in total. The molecule has 2 aliphatic carbocycles. The van der Waals surface area contributed by atoms with Crippen LogP contribution in [0.4, 0.5) is 0 Å². The first kappa shape index (κ1) is 31.0. The molecule has 3 heterocycles. The molecule has 262 valence electrons. The number of hydrogen-bond donors (Lipinski definition) is 0. The van der Waals surface area contributed by atoms with Crippen molar-refractivity contribution in [1.82, 2.24) is 15.0 Å². The molecule has 0 radical (unpaired) electrons. The predicted molar refractivity (Wildman–Crippen MR) is 228 cm³/mol. The Morgan fingerprint density at radius 3 is 2.00 bits per heavy atom. The third-order valence-electron chi connectivity index (χ3n) is 11.4. The largest absolute Gasteiger partial charge is 0.455 e. The number of benzene rings is 7. The number of allylic oxidation sites excluding steroid dienone is 8. The molecule has 0 amide bonds. The summed E-state index contributed by atoms with van der Waals surface area (Å²) in [6, 6.07) is 46.3. The van der Waals surface area contributed by atoms with Gasteiger partial charge in [-0.2, -0.15) is 0 Å². The summed E-state index contributed by atoms with van der Waals surface area (Å²) in [6.07, 6.45) is 14.1. The smallest absolute Gasteiger partial charge is 0.164 e. The van der Waals surface area contributed by atoms with Crippen LogP contribution in [0.15, 0.2) is 184 Å². The average Bonchev–Trinajstić information content (AvgIpc) is 3.85. The molecule has 0 N–H and O–H groups in total. The van der Waals surface area contributed by atoms with Crippen molar-refractivity contribution in [2.45, 2.75) is 6.42 Å². The minimum atomic E-state index is 0.364. The molecule has 1 unspecified atom stereocenters. The molecule has 0 spiro atoms. The van der Waals surface area contributed by atoms with E-state index in [-0.39, 0.29) is 0 Å². The van der Waals surface area contributed by atoms with E-state index in [9.17, 15) is 0 Å². The van der Waals surface area contributed by atoms with E-state index < -0.39 is 0 Å². The predicted octanol–water partition coefficient (Wildman–Crippen LogP) is 13.4. The summed E-state index contributed by atoms with van der Waals surface area (Å²) < 4.78 is 13.5. The Hall–Kier alpha value is -7.37. The molecule has 0 bridgehead atoms. The van der Waals surface area contributed by atoms with Crippen molar-refractivity contribution < 1.29 is 8.83 Å². The first-order valence-electron chi connectivity index (χ1n) is 19.0. The van der Waals surface area contributed by atoms with Gasteiger partial charge >= 0.3 is 0 Å². The second-order valence-electron chi connectivity index (χ2n) is 14.7. The molecule has 12 rings (SSSR count). The fourth-order valence-corrected chi connectivity index (χ4v) is 8.70. The fraction of sp³-hybridized carbons (Fsp3) is 0.0392. The van der Waals surface area contributed by atoms with Crippen molar-refractivity contribution in [1.29, 1.82) is 0 Å². The number of aromatic nitrogens is 3. The Labute approximate surface area is 321 Å². The molecule has 5 heteroatoms. The number of fused-ring (bicyclic) bond motifs is 10. The van der Waals surface area contributed by atoms with Gasteiger partial charge in [-0.1, -0.05) is 127 Å². The Bertz CT molecular complexity index is 3410. The molecule has 2 aliphatic rings. The molecule has 7 aromatic carbocycles. The van der Waals surface area contributed by atoms with Crippen molar-refractivity contribution in [2.75, 3.05) is 0 Å². The minimum absolute atomic E-state index is 0.364. The van der Waals surface area contributed by atoms with E-state index in [4.69, 9.17) is 23.8 Å². The summed E-state index contributed by atoms with van der Waals surface area (Å²) in [5, 5.41) is 8.59. The van der Waals surface area contributed by atoms with Gasteiger partial charge in [0.2, 0.25) is 0 Å². The highest BCUT2D eigenvalue weighted by Crippen LogP contribution is 2.47. The first-order valence-corrected chi connectivity index (χ1v) is 19.0. The van der Waals surface area contributed by atoms with Crippen molar-refractivity contribution in [3.05, 3.63) is 181 Å². The highest BCUT2D eigenvalue weighted by atomic mass is 16.3. The van der Waals surface area contributed by atoms with E-state index in [2.05, 4.69) is 146 Å². The van der Waals surface area contributed by atoms with Gasteiger partial charge in [-0.3, -0.25) is 0 Å². The molecular weight excluding hydrogens is 687 g/mol. The molecule has 0 saturated heterocycles. The monoisotopic (exact) mass is 717 g/mol. The summed E-state index contributed by atoms with van der Waals surface area (Å²) in [5.41, 5.74) is 9.42. The van der Waals surface area contributed by atoms with Gasteiger partial charge in [0.1, 0.15) is 22.3 Å². The van der Waals surface area contributed by atoms with Gasteiger partial charge in [0.25, 0.3) is 0 Å². The Morgan fingerprint density at radius 2 is 1.16 bits per heavy atom. The zero-order chi connectivity index (χ0) is 36.7. The number of nitrogens with zero attached hydrogens (tertiary/aromatic N) is 3. The van der Waals surface area contributed by atoms with E-state index in [1.165, 1.54) is 11.0 Å². The Balaban J connectivity index is 1.13. The highest BCUT2D eigenvalue weighted by molar-refractivity contribution is 6.24. The van der Waals surface area contributed by atoms with E-state index >= 15 is 0 Å². The van der Waals surface area contributed by atoms with Crippen LogP contribution >= 0.6 is 0 Å². The lowest BCUT2D eigenvalue weighted by atomic mass is 9.85. The number of para-hydroxylation sites is 2. The van der Waals surface area contributed by atoms with Crippen LogP contribution < -0.4 is 0 Å². The van der Waals surface area contributed by atoms with Gasteiger partial charge in [0, 0.05) is 55.1 Å². The maximum Gasteiger partial charge on any atom is 0.164 e. The molecule has 0 aliphatic heterocycles. The quantitative estimate of drug-likeness (QED) is 0.181. The van der Waals surface area contributed by atoms with Crippen LogP contribution in [0.5, 0.6) is 0 Å². The van der Waals surface area contributed by atoms with E-state index in [1.54, 1.807) is 0 Å². The van der Waals surface area contributed by atoms with Crippen molar-refractivity contribution in [2.24, 2.45) is 5.92 Å². The van der Waals surface area contributed by atoms with Gasteiger partial charge in [-0.05, 0) is 76.2 Å². The lowest BCUT2D eigenvalue weighted by Gasteiger charge is -2.21. The van der Waals surface area contributed by atoms with E-state index in [0.717, 1.165) is 94.3 Å². The molecule has 0 saturated carbocycles. The molecule has 56 heavy (non-hydrogen) atoms. The Kier molecular flexibility index (Phi) is 6.69. The third kappa shape index (κ3) is 4.77. The lowest BCUT2D eigenvalue weighted by molar-refractivity contribution is 0.670. The first-order chi connectivity index (χ1) is 27.7. The van der Waals surface area contributed by atoms with E-state index in [0.29, 0.717) is 23.4 Å². The summed E-state index contributed by atoms with van der Waals surface area (Å²) in [5.74, 6) is 2.24. The van der Waals surface area contributed by atoms with Crippen LogP contribution in [0, 0.1) is 5.92 Å². The number of furan rings is 2. The van der Waals surface area contributed by atoms with Crippen LogP contribution in [0.2, 0.25) is 0 Å². The second-order valence-corrected chi connectivity index (χ2v) is 14.7. The summed E-state index contributed by atoms with van der Waals surface area (Å²) in [6.45, 7) is 0. The Morgan fingerprint density at radius 1 is 0.500 bits per heavy atom. The minimum Gasteiger partial charge on any atom is -0.455 e. The zero-order valence-electron chi connectivity index (χ0n) is 30.1. The van der Waals surface area contributed by atoms with Crippen LogP contribution in [0.3, 0.4) is 0 Å². The summed E-state index contributed by atoms with van der Waals surface area (Å²) >= 11 is 0. The van der Waals surface area contributed by atoms with Gasteiger partial charge in [0.05, 0.1) is 0 Å². The lowest BCUT2D eigenvalue weighted by Crippen LogP contribution is -2.08. The molecule has 10 aromatic rings. The normalized spacial score (nSPS) is 15.3. The number of rotatable bonds is 4. The fourth-order valence-electron chi connectivity index (χ4n) is 8.70. The summed E-state index contributed by atoms with van der Waals surface area (Å²) in [4.78, 5) is 15.7. The molecule has 1 atom stereocenters. The van der Waals surface area contributed by atoms with E-state index in [1.807, 2.05) is 24.3 Å². The molecule has 3 aromatic heterocycles. The SMILES string of the molecule is C1=CC2=CC(c3nc(-c4ccc5ccccc5c4)nc(-c4ccc(-c5cc6ccccc6c6oc7ccccc7c56)c5oc6ccccc6c45)n3)=CCC2C=C1. The van der Waals surface area contributed by atoms with Crippen LogP contribution in [0.25, 0.3) is 105 Å². The van der Waals surface area contributed by atoms with Crippen molar-refractivity contribution >= 4 is 71.0 Å². The summed E-state index contributed by atoms with van der Waals surface area (Å²) in [7, 11) is 0. The van der Waals surface area contributed by atoms with Crippen LogP contribution in [-0.2, 0) is 0 Å². The maximum atomic E-state index is 6.88. The maximum absolute atomic E-state index is 6.88. The van der Waals surface area contributed by atoms with Crippen LogP contribution in [0.1, 0.15) is 12.2 Å². The van der Waals surface area contributed by atoms with Crippen molar-refractivity contribution in [3.63, 3.8) is 0 Å². The molecule has 0 fully saturated rings. The van der Waals surface area contributed by atoms with Gasteiger partial charge in [0.15, 0.2) is 17.5 Å². The van der Waals surface area contributed by atoms with Gasteiger partial charge in [-0.25, -0.2) is 15.0 Å². The highest BCUT2D eigenvalue weighted by Gasteiger charge is 2.25. The van der Waals surface area contributed by atoms with Gasteiger partial charge < -0.3 is 8.83 Å². The number of hydrogen-bond acceptors (Lipinski definition) is 5. The average molecular weight is 718 g/mol. The van der Waals surface area contributed by atoms with Crippen molar-refractivity contribution in [3.8, 4) is 33.9 Å². The zero-order valence-corrected chi connectivity index (χ0v) is 30.1. The topological polar surface area (TPSA) is 65.0 Å².